The maximum Gasteiger partial charge on any atom is 0.221 e. The molecule has 0 spiro atoms. The number of amides is 1. The molecule has 0 aliphatic heterocycles. The molecule has 0 heterocycles. The Bertz CT molecular complexity index is 407. The van der Waals surface area contributed by atoms with E-state index in [0.29, 0.717) is 31.8 Å². The van der Waals surface area contributed by atoms with Gasteiger partial charge in [-0.3, -0.25) is 4.79 Å². The van der Waals surface area contributed by atoms with Crippen LogP contribution in [-0.2, 0) is 14.6 Å². The third-order valence-electron chi connectivity index (χ3n) is 3.72. The Morgan fingerprint density at radius 2 is 2.00 bits per heavy atom. The van der Waals surface area contributed by atoms with Crippen molar-refractivity contribution in [3.63, 3.8) is 0 Å². The first-order valence-electron chi connectivity index (χ1n) is 7.48. The van der Waals surface area contributed by atoms with Crippen molar-refractivity contribution >= 4 is 15.7 Å². The molecule has 6 heteroatoms. The standard InChI is InChI=1S/C14H28N2O3S/c1-11(2)10-16-14(17)7-8-15-12-5-4-6-13(9-12)20(3,18)19/h11-13,15H,4-10H2,1-3H3,(H,16,17). The van der Waals surface area contributed by atoms with E-state index in [2.05, 4.69) is 24.5 Å². The summed E-state index contributed by atoms with van der Waals surface area (Å²) < 4.78 is 23.1. The number of rotatable bonds is 7. The second kappa shape index (κ2) is 7.98. The minimum Gasteiger partial charge on any atom is -0.356 e. The second-order valence-corrected chi connectivity index (χ2v) is 8.54. The summed E-state index contributed by atoms with van der Waals surface area (Å²) in [7, 11) is -2.94. The third-order valence-corrected chi connectivity index (χ3v) is 5.36. The van der Waals surface area contributed by atoms with Crippen molar-refractivity contribution in [1.29, 1.82) is 0 Å². The van der Waals surface area contributed by atoms with Gasteiger partial charge in [0.15, 0.2) is 0 Å². The highest BCUT2D eigenvalue weighted by Crippen LogP contribution is 2.23. The van der Waals surface area contributed by atoms with Crippen LogP contribution in [0, 0.1) is 5.92 Å². The Kier molecular flexibility index (Phi) is 6.95. The van der Waals surface area contributed by atoms with Gasteiger partial charge in [-0.25, -0.2) is 8.42 Å². The molecular weight excluding hydrogens is 276 g/mol. The Hall–Kier alpha value is -0.620. The SMILES string of the molecule is CC(C)CNC(=O)CCNC1CCCC(S(C)(=O)=O)C1. The van der Waals surface area contributed by atoms with Crippen LogP contribution in [0.25, 0.3) is 0 Å². The van der Waals surface area contributed by atoms with Gasteiger partial charge in [0.05, 0.1) is 5.25 Å². The maximum absolute atomic E-state index is 11.6. The first-order valence-corrected chi connectivity index (χ1v) is 9.43. The van der Waals surface area contributed by atoms with Crippen molar-refractivity contribution in [2.45, 2.75) is 57.2 Å². The second-order valence-electron chi connectivity index (χ2n) is 6.22. The van der Waals surface area contributed by atoms with Gasteiger partial charge in [0.25, 0.3) is 0 Å². The lowest BCUT2D eigenvalue weighted by Crippen LogP contribution is -2.40. The van der Waals surface area contributed by atoms with E-state index in [4.69, 9.17) is 0 Å². The summed E-state index contributed by atoms with van der Waals surface area (Å²) in [6.45, 7) is 5.45. The van der Waals surface area contributed by atoms with Crippen molar-refractivity contribution in [1.82, 2.24) is 10.6 Å². The van der Waals surface area contributed by atoms with Crippen LogP contribution in [0.4, 0.5) is 0 Å². The van der Waals surface area contributed by atoms with Crippen molar-refractivity contribution in [2.24, 2.45) is 5.92 Å². The van der Waals surface area contributed by atoms with Crippen LogP contribution in [0.5, 0.6) is 0 Å². The molecule has 118 valence electrons. The highest BCUT2D eigenvalue weighted by atomic mass is 32.2. The lowest BCUT2D eigenvalue weighted by molar-refractivity contribution is -0.121. The average Bonchev–Trinajstić information content (AvgIpc) is 2.36. The molecule has 0 radical (unpaired) electrons. The van der Waals surface area contributed by atoms with Gasteiger partial charge in [0, 0.05) is 31.8 Å². The molecule has 2 unspecified atom stereocenters. The Balaban J connectivity index is 2.23. The van der Waals surface area contributed by atoms with Gasteiger partial charge in [0.2, 0.25) is 5.91 Å². The molecule has 1 fully saturated rings. The minimum atomic E-state index is -2.94. The fourth-order valence-corrected chi connectivity index (χ4v) is 3.69. The summed E-state index contributed by atoms with van der Waals surface area (Å²) in [5, 5.41) is 5.98. The minimum absolute atomic E-state index is 0.0571. The lowest BCUT2D eigenvalue weighted by atomic mass is 9.95. The zero-order valence-electron chi connectivity index (χ0n) is 12.8. The molecule has 0 aromatic rings. The van der Waals surface area contributed by atoms with Crippen LogP contribution in [0.15, 0.2) is 0 Å². The molecule has 1 amide bonds. The molecule has 20 heavy (non-hydrogen) atoms. The molecule has 2 atom stereocenters. The molecule has 0 aromatic carbocycles. The van der Waals surface area contributed by atoms with Crippen LogP contribution >= 0.6 is 0 Å². The van der Waals surface area contributed by atoms with Gasteiger partial charge in [-0.2, -0.15) is 0 Å². The van der Waals surface area contributed by atoms with E-state index in [9.17, 15) is 13.2 Å². The van der Waals surface area contributed by atoms with Crippen LogP contribution in [0.1, 0.15) is 46.0 Å². The first kappa shape index (κ1) is 17.4. The van der Waals surface area contributed by atoms with E-state index >= 15 is 0 Å². The molecule has 2 N–H and O–H groups in total. The van der Waals surface area contributed by atoms with Gasteiger partial charge in [0.1, 0.15) is 9.84 Å². The van der Waals surface area contributed by atoms with E-state index in [-0.39, 0.29) is 17.2 Å². The van der Waals surface area contributed by atoms with Gasteiger partial charge < -0.3 is 10.6 Å². The summed E-state index contributed by atoms with van der Waals surface area (Å²) in [6, 6.07) is 0.223. The summed E-state index contributed by atoms with van der Waals surface area (Å²) in [5.41, 5.74) is 0. The molecule has 1 aliphatic carbocycles. The zero-order chi connectivity index (χ0) is 15.2. The smallest absolute Gasteiger partial charge is 0.221 e. The van der Waals surface area contributed by atoms with E-state index < -0.39 is 9.84 Å². The summed E-state index contributed by atoms with van der Waals surface area (Å²) in [4.78, 5) is 11.6. The third kappa shape index (κ3) is 6.70. The summed E-state index contributed by atoms with van der Waals surface area (Å²) >= 11 is 0. The van der Waals surface area contributed by atoms with Crippen molar-refractivity contribution in [3.05, 3.63) is 0 Å². The van der Waals surface area contributed by atoms with Gasteiger partial charge >= 0.3 is 0 Å². The van der Waals surface area contributed by atoms with Gasteiger partial charge in [-0.05, 0) is 25.2 Å². The van der Waals surface area contributed by atoms with Crippen LogP contribution < -0.4 is 10.6 Å². The van der Waals surface area contributed by atoms with Crippen LogP contribution in [-0.4, -0.2) is 45.0 Å². The van der Waals surface area contributed by atoms with Crippen LogP contribution in [0.2, 0.25) is 0 Å². The largest absolute Gasteiger partial charge is 0.356 e. The van der Waals surface area contributed by atoms with Crippen LogP contribution in [0.3, 0.4) is 0 Å². The molecule has 1 saturated carbocycles. The quantitative estimate of drug-likeness (QED) is 0.738. The molecule has 0 bridgehead atoms. The average molecular weight is 304 g/mol. The summed E-state index contributed by atoms with van der Waals surface area (Å²) in [6.07, 6.45) is 5.15. The number of sulfone groups is 1. The number of carbonyl (C=O) groups is 1. The Labute approximate surface area is 122 Å². The Morgan fingerprint density at radius 3 is 2.60 bits per heavy atom. The van der Waals surface area contributed by atoms with Gasteiger partial charge in [-0.15, -0.1) is 0 Å². The molecule has 5 nitrogen and oxygen atoms in total. The monoisotopic (exact) mass is 304 g/mol. The van der Waals surface area contributed by atoms with E-state index in [1.54, 1.807) is 0 Å². The zero-order valence-corrected chi connectivity index (χ0v) is 13.6. The fourth-order valence-electron chi connectivity index (χ4n) is 2.52. The molecular formula is C14H28N2O3S. The fraction of sp³-hybridized carbons (Fsp3) is 0.929. The number of nitrogens with one attached hydrogen (secondary N) is 2. The van der Waals surface area contributed by atoms with Crippen molar-refractivity contribution < 1.29 is 13.2 Å². The van der Waals surface area contributed by atoms with E-state index in [1.165, 1.54) is 6.26 Å². The highest BCUT2D eigenvalue weighted by Gasteiger charge is 2.28. The van der Waals surface area contributed by atoms with E-state index in [1.807, 2.05) is 0 Å². The van der Waals surface area contributed by atoms with Crippen molar-refractivity contribution in [3.8, 4) is 0 Å². The predicted molar refractivity (Wildman–Crippen MR) is 81.4 cm³/mol. The van der Waals surface area contributed by atoms with E-state index in [0.717, 1.165) is 19.3 Å². The van der Waals surface area contributed by atoms with Gasteiger partial charge in [-0.1, -0.05) is 20.3 Å². The number of hydrogen-bond acceptors (Lipinski definition) is 4. The molecule has 1 aliphatic rings. The van der Waals surface area contributed by atoms with Crippen molar-refractivity contribution in [2.75, 3.05) is 19.3 Å². The first-order chi connectivity index (χ1) is 9.29. The topological polar surface area (TPSA) is 75.3 Å². The maximum atomic E-state index is 11.6. The molecule has 0 saturated heterocycles. The molecule has 1 rings (SSSR count). The number of hydrogen-bond donors (Lipinski definition) is 2. The Morgan fingerprint density at radius 1 is 1.30 bits per heavy atom. The number of carbonyl (C=O) groups excluding carboxylic acids is 1. The molecule has 0 aromatic heterocycles. The normalized spacial score (nSPS) is 23.8. The lowest BCUT2D eigenvalue weighted by Gasteiger charge is -2.28. The highest BCUT2D eigenvalue weighted by molar-refractivity contribution is 7.91. The summed E-state index contributed by atoms with van der Waals surface area (Å²) in [5.74, 6) is 0.516. The predicted octanol–water partition coefficient (Wildman–Crippen LogP) is 1.09.